The van der Waals surface area contributed by atoms with E-state index in [4.69, 9.17) is 0 Å². The molecule has 0 fully saturated rings. The van der Waals surface area contributed by atoms with E-state index < -0.39 is 18.0 Å². The zero-order valence-electron chi connectivity index (χ0n) is 10.5. The lowest BCUT2D eigenvalue weighted by atomic mass is 10.2. The van der Waals surface area contributed by atoms with Gasteiger partial charge in [-0.25, -0.2) is 8.78 Å². The van der Waals surface area contributed by atoms with Crippen LogP contribution in [0.15, 0.2) is 42.5 Å². The van der Waals surface area contributed by atoms with Crippen LogP contribution in [0, 0.1) is 11.6 Å². The first-order valence-corrected chi connectivity index (χ1v) is 5.86. The Morgan fingerprint density at radius 3 is 2.00 bits per heavy atom. The van der Waals surface area contributed by atoms with E-state index in [1.807, 2.05) is 0 Å². The molecule has 2 nitrogen and oxygen atoms in total. The summed E-state index contributed by atoms with van der Waals surface area (Å²) in [6, 6.07) is 8.14. The van der Waals surface area contributed by atoms with Crippen LogP contribution in [0.5, 0.6) is 5.75 Å². The molecular weight excluding hydrogens is 293 g/mol. The maximum absolute atomic E-state index is 13.0. The van der Waals surface area contributed by atoms with Crippen molar-refractivity contribution in [3.8, 4) is 5.75 Å². The summed E-state index contributed by atoms with van der Waals surface area (Å²) in [4.78, 5) is 0. The number of nitrogens with one attached hydrogen (secondary N) is 1. The van der Waals surface area contributed by atoms with Crippen molar-refractivity contribution in [1.82, 2.24) is 0 Å². The average molecular weight is 303 g/mol. The summed E-state index contributed by atoms with van der Waals surface area (Å²) in [5, 5.41) is 2.77. The highest BCUT2D eigenvalue weighted by Gasteiger charge is 2.30. The molecule has 2 aromatic carbocycles. The number of anilines is 1. The topological polar surface area (TPSA) is 21.3 Å². The largest absolute Gasteiger partial charge is 0.573 e. The monoisotopic (exact) mass is 303 g/mol. The van der Waals surface area contributed by atoms with E-state index in [-0.39, 0.29) is 18.0 Å². The molecule has 1 N–H and O–H groups in total. The first-order chi connectivity index (χ1) is 9.82. The van der Waals surface area contributed by atoms with E-state index >= 15 is 0 Å². The first kappa shape index (κ1) is 15.1. The van der Waals surface area contributed by atoms with Crippen molar-refractivity contribution in [2.45, 2.75) is 12.9 Å². The maximum Gasteiger partial charge on any atom is 0.573 e. The predicted molar refractivity (Wildman–Crippen MR) is 66.8 cm³/mol. The van der Waals surface area contributed by atoms with Gasteiger partial charge < -0.3 is 10.1 Å². The molecule has 0 bridgehead atoms. The highest BCUT2D eigenvalue weighted by atomic mass is 19.4. The zero-order valence-corrected chi connectivity index (χ0v) is 10.5. The molecule has 0 atom stereocenters. The van der Waals surface area contributed by atoms with Crippen molar-refractivity contribution in [3.05, 3.63) is 59.7 Å². The second-order valence-electron chi connectivity index (χ2n) is 4.20. The highest BCUT2D eigenvalue weighted by molar-refractivity contribution is 5.44. The third kappa shape index (κ3) is 4.94. The van der Waals surface area contributed by atoms with E-state index in [1.54, 1.807) is 0 Å². The van der Waals surface area contributed by atoms with Crippen LogP contribution >= 0.6 is 0 Å². The van der Waals surface area contributed by atoms with Gasteiger partial charge in [-0.1, -0.05) is 12.1 Å². The summed E-state index contributed by atoms with van der Waals surface area (Å²) in [6.07, 6.45) is -4.74. The number of halogens is 5. The van der Waals surface area contributed by atoms with Gasteiger partial charge >= 0.3 is 6.36 Å². The average Bonchev–Trinajstić information content (AvgIpc) is 2.35. The first-order valence-electron chi connectivity index (χ1n) is 5.86. The van der Waals surface area contributed by atoms with E-state index in [0.717, 1.165) is 30.3 Å². The minimum Gasteiger partial charge on any atom is -0.406 e. The van der Waals surface area contributed by atoms with Gasteiger partial charge in [0.25, 0.3) is 0 Å². The maximum atomic E-state index is 13.0. The lowest BCUT2D eigenvalue weighted by Crippen LogP contribution is -2.17. The van der Waals surface area contributed by atoms with E-state index in [2.05, 4.69) is 10.1 Å². The minimum absolute atomic E-state index is 0.204. The van der Waals surface area contributed by atoms with Crippen LogP contribution in [0.1, 0.15) is 5.56 Å². The molecule has 0 spiro atoms. The van der Waals surface area contributed by atoms with E-state index in [0.29, 0.717) is 5.56 Å². The Bertz CT molecular complexity index is 590. The number of hydrogen-bond acceptors (Lipinski definition) is 2. The van der Waals surface area contributed by atoms with Gasteiger partial charge in [0.1, 0.15) is 17.4 Å². The molecule has 0 radical (unpaired) electrons. The standard InChI is InChI=1S/C14H10F5NO/c15-10-5-11(16)7-12(6-10)20-8-9-1-3-13(4-2-9)21-14(17,18)19/h1-7,20H,8H2. The molecule has 0 aromatic heterocycles. The van der Waals surface area contributed by atoms with Gasteiger partial charge in [0, 0.05) is 18.3 Å². The summed E-state index contributed by atoms with van der Waals surface area (Å²) in [7, 11) is 0. The Hall–Kier alpha value is -2.31. The lowest BCUT2D eigenvalue weighted by Gasteiger charge is -2.10. The smallest absolute Gasteiger partial charge is 0.406 e. The second kappa shape index (κ2) is 5.99. The van der Waals surface area contributed by atoms with Crippen LogP contribution in [-0.2, 0) is 6.54 Å². The molecule has 0 aliphatic heterocycles. The fourth-order valence-corrected chi connectivity index (χ4v) is 1.67. The highest BCUT2D eigenvalue weighted by Crippen LogP contribution is 2.23. The van der Waals surface area contributed by atoms with Crippen LogP contribution in [0.3, 0.4) is 0 Å². The Morgan fingerprint density at radius 1 is 0.905 bits per heavy atom. The molecule has 7 heteroatoms. The van der Waals surface area contributed by atoms with Gasteiger partial charge in [-0.2, -0.15) is 0 Å². The molecule has 0 amide bonds. The van der Waals surface area contributed by atoms with Crippen molar-refractivity contribution in [2.75, 3.05) is 5.32 Å². The number of benzene rings is 2. The zero-order chi connectivity index (χ0) is 15.5. The number of ether oxygens (including phenoxy) is 1. The van der Waals surface area contributed by atoms with Gasteiger partial charge in [0.05, 0.1) is 0 Å². The van der Waals surface area contributed by atoms with E-state index in [1.165, 1.54) is 12.1 Å². The molecule has 0 saturated heterocycles. The molecule has 2 rings (SSSR count). The Labute approximate surface area is 117 Å². The summed E-state index contributed by atoms with van der Waals surface area (Å²) < 4.78 is 65.6. The third-order valence-electron chi connectivity index (χ3n) is 2.52. The number of hydrogen-bond donors (Lipinski definition) is 1. The van der Waals surface area contributed by atoms with Crippen molar-refractivity contribution in [3.63, 3.8) is 0 Å². The van der Waals surface area contributed by atoms with Gasteiger partial charge in [0.15, 0.2) is 0 Å². The van der Waals surface area contributed by atoms with Gasteiger partial charge in [0.2, 0.25) is 0 Å². The van der Waals surface area contributed by atoms with Gasteiger partial charge in [-0.15, -0.1) is 13.2 Å². The van der Waals surface area contributed by atoms with Crippen LogP contribution in [0.2, 0.25) is 0 Å². The van der Waals surface area contributed by atoms with E-state index in [9.17, 15) is 22.0 Å². The van der Waals surface area contributed by atoms with Crippen molar-refractivity contribution in [1.29, 1.82) is 0 Å². The second-order valence-corrected chi connectivity index (χ2v) is 4.20. The fraction of sp³-hybridized carbons (Fsp3) is 0.143. The summed E-state index contributed by atoms with van der Waals surface area (Å²) >= 11 is 0. The van der Waals surface area contributed by atoms with Crippen molar-refractivity contribution < 1.29 is 26.7 Å². The fourth-order valence-electron chi connectivity index (χ4n) is 1.67. The summed E-state index contributed by atoms with van der Waals surface area (Å²) in [5.74, 6) is -1.76. The normalized spacial score (nSPS) is 11.3. The Kier molecular flexibility index (Phi) is 4.30. The lowest BCUT2D eigenvalue weighted by molar-refractivity contribution is -0.274. The van der Waals surface area contributed by atoms with Crippen molar-refractivity contribution in [2.24, 2.45) is 0 Å². The van der Waals surface area contributed by atoms with Crippen LogP contribution in [-0.4, -0.2) is 6.36 Å². The molecule has 0 saturated carbocycles. The molecule has 0 unspecified atom stereocenters. The molecular formula is C14H10F5NO. The van der Waals surface area contributed by atoms with Gasteiger partial charge in [-0.05, 0) is 29.8 Å². The van der Waals surface area contributed by atoms with Crippen LogP contribution in [0.4, 0.5) is 27.6 Å². The minimum atomic E-state index is -4.74. The predicted octanol–water partition coefficient (Wildman–Crippen LogP) is 4.48. The number of rotatable bonds is 4. The van der Waals surface area contributed by atoms with Gasteiger partial charge in [-0.3, -0.25) is 0 Å². The summed E-state index contributed by atoms with van der Waals surface area (Å²) in [6.45, 7) is 0.204. The molecule has 2 aromatic rings. The molecule has 112 valence electrons. The quantitative estimate of drug-likeness (QED) is 0.841. The Balaban J connectivity index is 1.97. The van der Waals surface area contributed by atoms with Crippen LogP contribution in [0.25, 0.3) is 0 Å². The van der Waals surface area contributed by atoms with Crippen LogP contribution < -0.4 is 10.1 Å². The molecule has 0 aliphatic rings. The molecule has 0 aliphatic carbocycles. The number of alkyl halides is 3. The molecule has 0 heterocycles. The molecule has 21 heavy (non-hydrogen) atoms. The van der Waals surface area contributed by atoms with Crippen molar-refractivity contribution >= 4 is 5.69 Å². The Morgan fingerprint density at radius 2 is 1.48 bits per heavy atom. The summed E-state index contributed by atoms with van der Waals surface area (Å²) in [5.41, 5.74) is 0.873. The third-order valence-corrected chi connectivity index (χ3v) is 2.52. The SMILES string of the molecule is Fc1cc(F)cc(NCc2ccc(OC(F)(F)F)cc2)c1.